The molecule has 2 nitrogen and oxygen atoms in total. The highest BCUT2D eigenvalue weighted by Crippen LogP contribution is 2.06. The fraction of sp³-hybridized carbons (Fsp3) is 0.111. The first-order valence-corrected chi connectivity index (χ1v) is 4.31. The molecule has 0 atom stereocenters. The van der Waals surface area contributed by atoms with Crippen LogP contribution in [0, 0.1) is 0 Å². The van der Waals surface area contributed by atoms with Gasteiger partial charge in [0, 0.05) is 18.2 Å². The van der Waals surface area contributed by atoms with Gasteiger partial charge in [-0.15, -0.1) is 0 Å². The molecule has 0 bridgehead atoms. The lowest BCUT2D eigenvalue weighted by molar-refractivity contribution is -0.568. The highest BCUT2D eigenvalue weighted by Gasteiger charge is 2.20. The topological polar surface area (TPSA) is 20.9 Å². The zero-order valence-corrected chi connectivity index (χ0v) is 8.49. The minimum atomic E-state index is -6.00. The van der Waals surface area contributed by atoms with Gasteiger partial charge < -0.3 is 17.3 Å². The van der Waals surface area contributed by atoms with Crippen molar-refractivity contribution in [3.63, 3.8) is 0 Å². The Morgan fingerprint density at radius 1 is 1.12 bits per heavy atom. The fourth-order valence-electron chi connectivity index (χ4n) is 0.702. The Morgan fingerprint density at radius 2 is 1.56 bits per heavy atom. The van der Waals surface area contributed by atoms with Crippen LogP contribution in [-0.4, -0.2) is 13.0 Å². The van der Waals surface area contributed by atoms with Crippen LogP contribution in [0.1, 0.15) is 6.92 Å². The van der Waals surface area contributed by atoms with Gasteiger partial charge in [0.1, 0.15) is 0 Å². The van der Waals surface area contributed by atoms with Crippen molar-refractivity contribution in [1.82, 2.24) is 0 Å². The van der Waals surface area contributed by atoms with Crippen molar-refractivity contribution in [3.8, 4) is 0 Å². The summed E-state index contributed by atoms with van der Waals surface area (Å²) in [6.45, 7) is 1.53. The molecule has 0 unspecified atom stereocenters. The van der Waals surface area contributed by atoms with Crippen molar-refractivity contribution < 1.29 is 26.6 Å². The number of hydrogen-bond donors (Lipinski definition) is 0. The molecular weight excluding hydrogens is 225 g/mol. The van der Waals surface area contributed by atoms with Crippen LogP contribution < -0.4 is 4.57 Å². The monoisotopic (exact) mass is 235 g/mol. The van der Waals surface area contributed by atoms with Gasteiger partial charge in [-0.1, -0.05) is 6.07 Å². The molecule has 0 radical (unpaired) electrons. The van der Waals surface area contributed by atoms with Gasteiger partial charge in [0.25, 0.3) is 0 Å². The molecule has 1 aromatic heterocycles. The minimum absolute atomic E-state index is 0.0568. The third-order valence-corrected chi connectivity index (χ3v) is 1.22. The lowest BCUT2D eigenvalue weighted by Gasteiger charge is -1.94. The van der Waals surface area contributed by atoms with Crippen molar-refractivity contribution in [2.24, 2.45) is 0 Å². The average Bonchev–Trinajstić information content (AvgIpc) is 2.14. The second kappa shape index (κ2) is 6.76. The summed E-state index contributed by atoms with van der Waals surface area (Å²) >= 11 is 0. The predicted octanol–water partition coefficient (Wildman–Crippen LogP) is 2.33. The second-order valence-electron chi connectivity index (χ2n) is 2.74. The predicted molar refractivity (Wildman–Crippen MR) is 52.8 cm³/mol. The van der Waals surface area contributed by atoms with Crippen LogP contribution in [-0.2, 0) is 4.79 Å². The largest absolute Gasteiger partial charge is 0.673 e. The van der Waals surface area contributed by atoms with Gasteiger partial charge in [0.2, 0.25) is 0 Å². The molecule has 0 aliphatic rings. The van der Waals surface area contributed by atoms with E-state index in [-0.39, 0.29) is 5.78 Å². The smallest absolute Gasteiger partial charge is 0.418 e. The van der Waals surface area contributed by atoms with E-state index in [1.54, 1.807) is 6.20 Å². The summed E-state index contributed by atoms with van der Waals surface area (Å²) in [6, 6.07) is 5.74. The molecule has 0 amide bonds. The van der Waals surface area contributed by atoms with Gasteiger partial charge >= 0.3 is 7.25 Å². The van der Waals surface area contributed by atoms with Crippen molar-refractivity contribution in [1.29, 1.82) is 0 Å². The number of allylic oxidation sites excluding steroid dienone is 1. The number of nitrogens with zero attached hydrogens (tertiary/aromatic N) is 1. The third-order valence-electron chi connectivity index (χ3n) is 1.22. The molecule has 88 valence electrons. The van der Waals surface area contributed by atoms with Crippen LogP contribution in [0.25, 0.3) is 6.20 Å². The Balaban J connectivity index is 0.000000385. The molecule has 0 aromatic carbocycles. The second-order valence-corrected chi connectivity index (χ2v) is 2.74. The number of aromatic nitrogens is 1. The average molecular weight is 235 g/mol. The highest BCUT2D eigenvalue weighted by atomic mass is 19.5. The molecular formula is C9H10BF4NO. The lowest BCUT2D eigenvalue weighted by atomic mass is 10.3. The van der Waals surface area contributed by atoms with Crippen molar-refractivity contribution in [3.05, 3.63) is 36.7 Å². The molecule has 0 N–H and O–H groups in total. The summed E-state index contributed by atoms with van der Waals surface area (Å²) in [4.78, 5) is 10.5. The van der Waals surface area contributed by atoms with E-state index in [9.17, 15) is 22.1 Å². The first kappa shape index (κ1) is 14.3. The lowest BCUT2D eigenvalue weighted by Crippen LogP contribution is -2.23. The van der Waals surface area contributed by atoms with Crippen molar-refractivity contribution >= 4 is 19.2 Å². The highest BCUT2D eigenvalue weighted by molar-refractivity contribution is 6.50. The Kier molecular flexibility index (Phi) is 6.06. The number of ketones is 1. The summed E-state index contributed by atoms with van der Waals surface area (Å²) in [5.74, 6) is 0.0568. The Bertz CT molecular complexity index is 344. The number of carbonyl (C=O) groups is 1. The van der Waals surface area contributed by atoms with Crippen molar-refractivity contribution in [2.45, 2.75) is 6.92 Å². The summed E-state index contributed by atoms with van der Waals surface area (Å²) in [7, 11) is -6.00. The maximum absolute atomic E-state index is 10.5. The van der Waals surface area contributed by atoms with Crippen LogP contribution >= 0.6 is 0 Å². The van der Waals surface area contributed by atoms with E-state index in [0.29, 0.717) is 0 Å². The van der Waals surface area contributed by atoms with E-state index in [1.165, 1.54) is 13.0 Å². The maximum Gasteiger partial charge on any atom is 0.673 e. The van der Waals surface area contributed by atoms with Crippen LogP contribution in [0.3, 0.4) is 0 Å². The number of halogens is 4. The molecule has 1 rings (SSSR count). The normalized spacial score (nSPS) is 10.8. The molecule has 1 heterocycles. The Morgan fingerprint density at radius 3 is 1.94 bits per heavy atom. The molecule has 0 aliphatic heterocycles. The summed E-state index contributed by atoms with van der Waals surface area (Å²) in [5.41, 5.74) is 0. The van der Waals surface area contributed by atoms with Gasteiger partial charge in [-0.3, -0.25) is 4.79 Å². The van der Waals surface area contributed by atoms with Gasteiger partial charge in [0.15, 0.2) is 24.4 Å². The van der Waals surface area contributed by atoms with E-state index in [1.807, 2.05) is 35.2 Å². The molecule has 0 fully saturated rings. The van der Waals surface area contributed by atoms with Crippen LogP contribution in [0.2, 0.25) is 0 Å². The number of hydrogen-bond acceptors (Lipinski definition) is 1. The molecule has 0 saturated carbocycles. The van der Waals surface area contributed by atoms with E-state index < -0.39 is 7.25 Å². The minimum Gasteiger partial charge on any atom is -0.418 e. The van der Waals surface area contributed by atoms with E-state index >= 15 is 0 Å². The quantitative estimate of drug-likeness (QED) is 0.333. The number of pyridine rings is 1. The van der Waals surface area contributed by atoms with E-state index in [4.69, 9.17) is 0 Å². The van der Waals surface area contributed by atoms with Crippen molar-refractivity contribution in [2.75, 3.05) is 0 Å². The third kappa shape index (κ3) is 12.3. The van der Waals surface area contributed by atoms with Crippen LogP contribution in [0.5, 0.6) is 0 Å². The molecule has 16 heavy (non-hydrogen) atoms. The van der Waals surface area contributed by atoms with Crippen LogP contribution in [0.4, 0.5) is 17.3 Å². The molecule has 0 spiro atoms. The van der Waals surface area contributed by atoms with Gasteiger partial charge in [-0.2, -0.15) is 4.57 Å². The summed E-state index contributed by atoms with van der Waals surface area (Å²) in [5, 5.41) is 0. The van der Waals surface area contributed by atoms with Gasteiger partial charge in [-0.05, 0) is 6.92 Å². The Hall–Kier alpha value is -1.66. The SMILES string of the molecule is CC(=O)/C=C/[n+]1ccccc1.F[B-](F)(F)F. The maximum atomic E-state index is 10.5. The molecule has 1 aromatic rings. The summed E-state index contributed by atoms with van der Waals surface area (Å²) in [6.07, 6.45) is 7.00. The number of carbonyl (C=O) groups excluding carboxylic acids is 1. The first-order valence-electron chi connectivity index (χ1n) is 4.31. The fourth-order valence-corrected chi connectivity index (χ4v) is 0.702. The van der Waals surface area contributed by atoms with Crippen LogP contribution in [0.15, 0.2) is 36.7 Å². The molecule has 0 aliphatic carbocycles. The first-order chi connectivity index (χ1) is 7.29. The van der Waals surface area contributed by atoms with E-state index in [2.05, 4.69) is 0 Å². The number of rotatable bonds is 2. The van der Waals surface area contributed by atoms with Gasteiger partial charge in [-0.25, -0.2) is 0 Å². The molecule has 7 heteroatoms. The molecule has 0 saturated heterocycles. The van der Waals surface area contributed by atoms with Gasteiger partial charge in [0.05, 0.1) is 0 Å². The summed E-state index contributed by atoms with van der Waals surface area (Å²) < 4.78 is 40.8. The van der Waals surface area contributed by atoms with E-state index in [0.717, 1.165) is 0 Å². The zero-order valence-electron chi connectivity index (χ0n) is 8.49. The standard InChI is InChI=1S/C9H10NO.BF4/c1-9(11)5-8-10-6-3-2-4-7-10;2-1(3,4)5/h2-8H,1H3;/q+1;-1/b8-5+;. The zero-order chi connectivity index (χ0) is 12.6. The Labute approximate surface area is 90.3 Å².